The molecule has 0 radical (unpaired) electrons. The topological polar surface area (TPSA) is 67.7 Å². The number of piperazine rings is 1. The van der Waals surface area contributed by atoms with Crippen LogP contribution in [0.15, 0.2) is 0 Å². The van der Waals surface area contributed by atoms with Crippen LogP contribution in [0.1, 0.15) is 19.8 Å². The van der Waals surface area contributed by atoms with Crippen LogP contribution in [0.5, 0.6) is 0 Å². The lowest BCUT2D eigenvalue weighted by Gasteiger charge is -2.35. The smallest absolute Gasteiger partial charge is 0.236 e. The van der Waals surface area contributed by atoms with Crippen molar-refractivity contribution in [3.63, 3.8) is 0 Å². The summed E-state index contributed by atoms with van der Waals surface area (Å²) < 4.78 is 0. The standard InChI is InChI=1S/C13H20N4O2/c1-11(18)15-6-8-16(9-7-15)13(19)10-17(5-4-14)12-2-3-12/h12H,2-3,5-10H2,1H3. The quantitative estimate of drug-likeness (QED) is 0.652. The van der Waals surface area contributed by atoms with Gasteiger partial charge in [0.1, 0.15) is 0 Å². The van der Waals surface area contributed by atoms with Gasteiger partial charge in [0.25, 0.3) is 0 Å². The maximum absolute atomic E-state index is 12.2. The van der Waals surface area contributed by atoms with Gasteiger partial charge in [0.05, 0.1) is 19.2 Å². The molecule has 0 atom stereocenters. The first-order chi connectivity index (χ1) is 9.11. The number of rotatable bonds is 4. The van der Waals surface area contributed by atoms with Crippen LogP contribution in [0, 0.1) is 11.3 Å². The molecule has 1 saturated carbocycles. The predicted octanol–water partition coefficient (Wildman–Crippen LogP) is -0.335. The van der Waals surface area contributed by atoms with Crippen LogP contribution in [0.25, 0.3) is 0 Å². The molecule has 0 unspecified atom stereocenters. The fourth-order valence-corrected chi connectivity index (χ4v) is 2.39. The van der Waals surface area contributed by atoms with Crippen LogP contribution < -0.4 is 0 Å². The van der Waals surface area contributed by atoms with Crippen molar-refractivity contribution in [3.05, 3.63) is 0 Å². The van der Waals surface area contributed by atoms with Crippen molar-refractivity contribution in [1.82, 2.24) is 14.7 Å². The minimum atomic E-state index is 0.0659. The molecule has 0 aromatic carbocycles. The van der Waals surface area contributed by atoms with Crippen LogP contribution in [0.2, 0.25) is 0 Å². The van der Waals surface area contributed by atoms with Crippen molar-refractivity contribution in [2.75, 3.05) is 39.3 Å². The Morgan fingerprint density at radius 1 is 1.21 bits per heavy atom. The van der Waals surface area contributed by atoms with Gasteiger partial charge in [-0.3, -0.25) is 14.5 Å². The van der Waals surface area contributed by atoms with Gasteiger partial charge >= 0.3 is 0 Å². The van der Waals surface area contributed by atoms with Crippen LogP contribution in [-0.4, -0.2) is 71.8 Å². The van der Waals surface area contributed by atoms with Crippen molar-refractivity contribution >= 4 is 11.8 Å². The Morgan fingerprint density at radius 2 is 1.79 bits per heavy atom. The highest BCUT2D eigenvalue weighted by molar-refractivity contribution is 5.79. The van der Waals surface area contributed by atoms with Gasteiger partial charge in [-0.15, -0.1) is 0 Å². The third-order valence-electron chi connectivity index (χ3n) is 3.75. The molecule has 0 aromatic heterocycles. The molecule has 0 spiro atoms. The Bertz CT molecular complexity index is 392. The first kappa shape index (κ1) is 13.8. The highest BCUT2D eigenvalue weighted by Crippen LogP contribution is 2.26. The maximum atomic E-state index is 12.2. The predicted molar refractivity (Wildman–Crippen MR) is 69.0 cm³/mol. The summed E-state index contributed by atoms with van der Waals surface area (Å²) in [7, 11) is 0. The Hall–Kier alpha value is -1.61. The Labute approximate surface area is 113 Å². The molecule has 1 aliphatic heterocycles. The second kappa shape index (κ2) is 6.02. The van der Waals surface area contributed by atoms with Gasteiger partial charge in [-0.05, 0) is 12.8 Å². The van der Waals surface area contributed by atoms with Gasteiger partial charge < -0.3 is 9.80 Å². The van der Waals surface area contributed by atoms with Gasteiger partial charge in [0, 0.05) is 39.1 Å². The van der Waals surface area contributed by atoms with Crippen molar-refractivity contribution in [2.45, 2.75) is 25.8 Å². The van der Waals surface area contributed by atoms with E-state index < -0.39 is 0 Å². The SMILES string of the molecule is CC(=O)N1CCN(C(=O)CN(CC#N)C2CC2)CC1. The van der Waals surface area contributed by atoms with E-state index in [0.29, 0.717) is 45.3 Å². The molecule has 6 heteroatoms. The van der Waals surface area contributed by atoms with E-state index in [1.54, 1.807) is 16.7 Å². The molecule has 104 valence electrons. The number of carbonyl (C=O) groups is 2. The summed E-state index contributed by atoms with van der Waals surface area (Å²) in [4.78, 5) is 28.9. The summed E-state index contributed by atoms with van der Waals surface area (Å²) in [6.07, 6.45) is 2.18. The molecule has 6 nitrogen and oxygen atoms in total. The fraction of sp³-hybridized carbons (Fsp3) is 0.769. The summed E-state index contributed by atoms with van der Waals surface area (Å²) in [5.74, 6) is 0.140. The van der Waals surface area contributed by atoms with E-state index in [9.17, 15) is 9.59 Å². The van der Waals surface area contributed by atoms with Gasteiger partial charge in [0.15, 0.2) is 0 Å². The molecular formula is C13H20N4O2. The lowest BCUT2D eigenvalue weighted by atomic mass is 10.3. The lowest BCUT2D eigenvalue weighted by Crippen LogP contribution is -2.52. The zero-order valence-corrected chi connectivity index (χ0v) is 11.3. The number of hydrogen-bond donors (Lipinski definition) is 0. The molecule has 1 heterocycles. The molecule has 2 rings (SSSR count). The second-order valence-electron chi connectivity index (χ2n) is 5.18. The zero-order valence-electron chi connectivity index (χ0n) is 11.3. The average Bonchev–Trinajstić information content (AvgIpc) is 3.22. The van der Waals surface area contributed by atoms with E-state index in [4.69, 9.17) is 5.26 Å². The summed E-state index contributed by atoms with van der Waals surface area (Å²) >= 11 is 0. The summed E-state index contributed by atoms with van der Waals surface area (Å²) in [6, 6.07) is 2.54. The summed E-state index contributed by atoms with van der Waals surface area (Å²) in [5.41, 5.74) is 0. The van der Waals surface area contributed by atoms with E-state index in [1.165, 1.54) is 0 Å². The monoisotopic (exact) mass is 264 g/mol. The normalized spacial score (nSPS) is 19.4. The minimum Gasteiger partial charge on any atom is -0.339 e. The Kier molecular flexibility index (Phi) is 4.38. The Balaban J connectivity index is 1.80. The van der Waals surface area contributed by atoms with E-state index in [-0.39, 0.29) is 11.8 Å². The molecule has 2 aliphatic rings. The summed E-state index contributed by atoms with van der Waals surface area (Å²) in [6.45, 7) is 4.64. The lowest BCUT2D eigenvalue weighted by molar-refractivity contribution is -0.139. The minimum absolute atomic E-state index is 0.0659. The molecule has 0 bridgehead atoms. The molecule has 2 fully saturated rings. The molecule has 1 saturated heterocycles. The number of nitrogens with zero attached hydrogens (tertiary/aromatic N) is 4. The zero-order chi connectivity index (χ0) is 13.8. The highest BCUT2D eigenvalue weighted by atomic mass is 16.2. The molecule has 0 N–H and O–H groups in total. The average molecular weight is 264 g/mol. The van der Waals surface area contributed by atoms with Crippen LogP contribution in [0.3, 0.4) is 0 Å². The van der Waals surface area contributed by atoms with Gasteiger partial charge in [-0.2, -0.15) is 5.26 Å². The maximum Gasteiger partial charge on any atom is 0.236 e. The van der Waals surface area contributed by atoms with Crippen LogP contribution in [0.4, 0.5) is 0 Å². The fourth-order valence-electron chi connectivity index (χ4n) is 2.39. The summed E-state index contributed by atoms with van der Waals surface area (Å²) in [5, 5.41) is 8.77. The largest absolute Gasteiger partial charge is 0.339 e. The molecule has 19 heavy (non-hydrogen) atoms. The first-order valence-electron chi connectivity index (χ1n) is 6.76. The van der Waals surface area contributed by atoms with Crippen LogP contribution in [-0.2, 0) is 9.59 Å². The third kappa shape index (κ3) is 3.67. The molecule has 1 aliphatic carbocycles. The van der Waals surface area contributed by atoms with Gasteiger partial charge in [-0.25, -0.2) is 0 Å². The number of nitriles is 1. The number of hydrogen-bond acceptors (Lipinski definition) is 4. The number of carbonyl (C=O) groups excluding carboxylic acids is 2. The van der Waals surface area contributed by atoms with E-state index in [2.05, 4.69) is 6.07 Å². The van der Waals surface area contributed by atoms with Crippen molar-refractivity contribution in [1.29, 1.82) is 5.26 Å². The van der Waals surface area contributed by atoms with Crippen molar-refractivity contribution in [2.24, 2.45) is 0 Å². The second-order valence-corrected chi connectivity index (χ2v) is 5.18. The molecule has 0 aromatic rings. The van der Waals surface area contributed by atoms with Crippen LogP contribution >= 0.6 is 0 Å². The van der Waals surface area contributed by atoms with Crippen molar-refractivity contribution < 1.29 is 9.59 Å². The van der Waals surface area contributed by atoms with E-state index in [1.807, 2.05) is 4.90 Å². The van der Waals surface area contributed by atoms with E-state index in [0.717, 1.165) is 12.8 Å². The van der Waals surface area contributed by atoms with Gasteiger partial charge in [0.2, 0.25) is 11.8 Å². The number of amides is 2. The highest BCUT2D eigenvalue weighted by Gasteiger charge is 2.31. The van der Waals surface area contributed by atoms with E-state index >= 15 is 0 Å². The van der Waals surface area contributed by atoms with Gasteiger partial charge in [-0.1, -0.05) is 0 Å². The Morgan fingerprint density at radius 3 is 2.26 bits per heavy atom. The molecule has 2 amide bonds. The first-order valence-corrected chi connectivity index (χ1v) is 6.76. The third-order valence-corrected chi connectivity index (χ3v) is 3.75. The molecular weight excluding hydrogens is 244 g/mol. The van der Waals surface area contributed by atoms with Crippen molar-refractivity contribution in [3.8, 4) is 6.07 Å².